The number of rotatable bonds is 7. The molecule has 21 heavy (non-hydrogen) atoms. The van der Waals surface area contributed by atoms with Gasteiger partial charge in [-0.05, 0) is 19.1 Å². The number of ether oxygens (including phenoxy) is 1. The third-order valence-corrected chi connectivity index (χ3v) is 3.40. The summed E-state index contributed by atoms with van der Waals surface area (Å²) in [6, 6.07) is 4.03. The number of guanidine groups is 1. The maximum Gasteiger partial charge on any atom is 0.191 e. The first-order chi connectivity index (χ1) is 9.78. The normalized spacial score (nSPS) is 16.8. The smallest absolute Gasteiger partial charge is 0.191 e. The summed E-state index contributed by atoms with van der Waals surface area (Å²) in [7, 11) is 0. The van der Waals surface area contributed by atoms with E-state index in [1.807, 2.05) is 31.5 Å². The maximum atomic E-state index is 9.39. The van der Waals surface area contributed by atoms with Gasteiger partial charge in [0.05, 0.1) is 31.8 Å². The molecule has 3 N–H and O–H groups in total. The molecule has 0 aliphatic carbocycles. The number of hydrogen-bond acceptors (Lipinski definition) is 3. The highest BCUT2D eigenvalue weighted by molar-refractivity contribution is 14.0. The van der Waals surface area contributed by atoms with Crippen molar-refractivity contribution in [1.29, 1.82) is 0 Å². The number of nitrogens with zero attached hydrogens (tertiary/aromatic N) is 2. The van der Waals surface area contributed by atoms with Crippen molar-refractivity contribution < 1.29 is 9.84 Å². The lowest BCUT2D eigenvalue weighted by atomic mass is 9.87. The van der Waals surface area contributed by atoms with Crippen LogP contribution in [0, 0.1) is 5.41 Å². The van der Waals surface area contributed by atoms with E-state index in [0.29, 0.717) is 19.8 Å². The number of hydrogen-bond donors (Lipinski definition) is 3. The summed E-state index contributed by atoms with van der Waals surface area (Å²) in [5.41, 5.74) is -0.178. The van der Waals surface area contributed by atoms with Crippen molar-refractivity contribution in [3.8, 4) is 0 Å². The van der Waals surface area contributed by atoms with E-state index in [1.54, 1.807) is 0 Å². The molecule has 2 rings (SSSR count). The SMILES string of the molecule is CCNC(=NCC1(CO)COC1)NCCn1cccc1.I. The predicted octanol–water partition coefficient (Wildman–Crippen LogP) is 0.670. The molecule has 1 aromatic rings. The molecular weight excluding hydrogens is 383 g/mol. The average Bonchev–Trinajstić information content (AvgIpc) is 2.91. The zero-order valence-electron chi connectivity index (χ0n) is 12.4. The summed E-state index contributed by atoms with van der Waals surface area (Å²) in [6.45, 7) is 6.46. The Morgan fingerprint density at radius 2 is 2.05 bits per heavy atom. The monoisotopic (exact) mass is 408 g/mol. The predicted molar refractivity (Wildman–Crippen MR) is 94.2 cm³/mol. The van der Waals surface area contributed by atoms with Crippen LogP contribution < -0.4 is 10.6 Å². The minimum absolute atomic E-state index is 0. The summed E-state index contributed by atoms with van der Waals surface area (Å²) in [6.07, 6.45) is 4.08. The summed E-state index contributed by atoms with van der Waals surface area (Å²) in [5, 5.41) is 15.9. The Labute approximate surface area is 143 Å². The van der Waals surface area contributed by atoms with Crippen LogP contribution in [0.2, 0.25) is 0 Å². The minimum atomic E-state index is -0.178. The fraction of sp³-hybridized carbons (Fsp3) is 0.643. The van der Waals surface area contributed by atoms with Gasteiger partial charge >= 0.3 is 0 Å². The van der Waals surface area contributed by atoms with Gasteiger partial charge in [-0.25, -0.2) is 0 Å². The fourth-order valence-electron chi connectivity index (χ4n) is 2.03. The highest BCUT2D eigenvalue weighted by atomic mass is 127. The highest BCUT2D eigenvalue weighted by Crippen LogP contribution is 2.26. The largest absolute Gasteiger partial charge is 0.396 e. The number of aliphatic imine (C=N–C) groups is 1. The Morgan fingerprint density at radius 3 is 2.57 bits per heavy atom. The second-order valence-corrected chi connectivity index (χ2v) is 5.19. The molecule has 0 bridgehead atoms. The van der Waals surface area contributed by atoms with Gasteiger partial charge in [-0.15, -0.1) is 24.0 Å². The first-order valence-electron chi connectivity index (χ1n) is 7.09. The minimum Gasteiger partial charge on any atom is -0.396 e. The molecule has 6 nitrogen and oxygen atoms in total. The highest BCUT2D eigenvalue weighted by Gasteiger charge is 2.37. The molecule has 0 spiro atoms. The van der Waals surface area contributed by atoms with Crippen molar-refractivity contribution in [2.75, 3.05) is 39.5 Å². The number of aliphatic hydroxyl groups is 1. The van der Waals surface area contributed by atoms with Crippen LogP contribution in [0.4, 0.5) is 0 Å². The van der Waals surface area contributed by atoms with E-state index in [2.05, 4.69) is 20.2 Å². The molecule has 0 radical (unpaired) electrons. The van der Waals surface area contributed by atoms with Gasteiger partial charge in [0, 0.05) is 32.0 Å². The van der Waals surface area contributed by atoms with E-state index in [1.165, 1.54) is 0 Å². The maximum absolute atomic E-state index is 9.39. The van der Waals surface area contributed by atoms with Crippen LogP contribution in [0.25, 0.3) is 0 Å². The molecule has 0 atom stereocenters. The van der Waals surface area contributed by atoms with Crippen LogP contribution in [0.3, 0.4) is 0 Å². The lowest BCUT2D eigenvalue weighted by Crippen LogP contribution is -2.49. The molecule has 120 valence electrons. The van der Waals surface area contributed by atoms with Crippen molar-refractivity contribution in [1.82, 2.24) is 15.2 Å². The molecular formula is C14H25IN4O2. The topological polar surface area (TPSA) is 70.8 Å². The zero-order chi connectivity index (χ0) is 14.3. The Morgan fingerprint density at radius 1 is 1.33 bits per heavy atom. The quantitative estimate of drug-likeness (QED) is 0.353. The average molecular weight is 408 g/mol. The third kappa shape index (κ3) is 5.48. The van der Waals surface area contributed by atoms with Crippen molar-refractivity contribution in [2.45, 2.75) is 13.5 Å². The van der Waals surface area contributed by atoms with E-state index in [0.717, 1.165) is 25.6 Å². The van der Waals surface area contributed by atoms with Gasteiger partial charge < -0.3 is 25.0 Å². The molecule has 1 fully saturated rings. The van der Waals surface area contributed by atoms with Crippen LogP contribution in [0.1, 0.15) is 6.92 Å². The Kier molecular flexibility index (Phi) is 8.05. The number of halogens is 1. The second kappa shape index (κ2) is 9.26. The van der Waals surface area contributed by atoms with Gasteiger partial charge in [-0.3, -0.25) is 4.99 Å². The van der Waals surface area contributed by atoms with Crippen LogP contribution in [0.5, 0.6) is 0 Å². The third-order valence-electron chi connectivity index (χ3n) is 3.40. The molecule has 1 aliphatic heterocycles. The second-order valence-electron chi connectivity index (χ2n) is 5.19. The van der Waals surface area contributed by atoms with E-state index in [4.69, 9.17) is 4.74 Å². The lowest BCUT2D eigenvalue weighted by molar-refractivity contribution is -0.130. The van der Waals surface area contributed by atoms with E-state index in [-0.39, 0.29) is 36.0 Å². The molecule has 7 heteroatoms. The van der Waals surface area contributed by atoms with Crippen molar-refractivity contribution in [3.05, 3.63) is 24.5 Å². The van der Waals surface area contributed by atoms with Gasteiger partial charge in [0.15, 0.2) is 5.96 Å². The first-order valence-corrected chi connectivity index (χ1v) is 7.09. The Hall–Kier alpha value is -0.800. The van der Waals surface area contributed by atoms with E-state index < -0.39 is 0 Å². The van der Waals surface area contributed by atoms with E-state index in [9.17, 15) is 5.11 Å². The van der Waals surface area contributed by atoms with Crippen LogP contribution >= 0.6 is 24.0 Å². The number of aliphatic hydroxyl groups excluding tert-OH is 1. The zero-order valence-corrected chi connectivity index (χ0v) is 14.7. The molecule has 0 aromatic carbocycles. The lowest BCUT2D eigenvalue weighted by Gasteiger charge is -2.38. The van der Waals surface area contributed by atoms with Gasteiger partial charge in [-0.1, -0.05) is 0 Å². The summed E-state index contributed by atoms with van der Waals surface area (Å²) in [5.74, 6) is 0.791. The van der Waals surface area contributed by atoms with Gasteiger partial charge in [-0.2, -0.15) is 0 Å². The summed E-state index contributed by atoms with van der Waals surface area (Å²) < 4.78 is 7.29. The van der Waals surface area contributed by atoms with Gasteiger partial charge in [0.2, 0.25) is 0 Å². The standard InChI is InChI=1S/C14H24N4O2.HI/c1-2-15-13(16-5-8-18-6-3-4-7-18)17-9-14(10-19)11-20-12-14;/h3-4,6-7,19H,2,5,8-12H2,1H3,(H2,15,16,17);1H. The summed E-state index contributed by atoms with van der Waals surface area (Å²) in [4.78, 5) is 4.54. The molecule has 0 saturated carbocycles. The molecule has 0 amide bonds. The molecule has 0 unspecified atom stereocenters. The summed E-state index contributed by atoms with van der Waals surface area (Å²) >= 11 is 0. The van der Waals surface area contributed by atoms with E-state index >= 15 is 0 Å². The van der Waals surface area contributed by atoms with Crippen LogP contribution in [0.15, 0.2) is 29.5 Å². The van der Waals surface area contributed by atoms with Gasteiger partial charge in [0.25, 0.3) is 0 Å². The van der Waals surface area contributed by atoms with Crippen LogP contribution in [-0.2, 0) is 11.3 Å². The first kappa shape index (κ1) is 18.2. The number of aromatic nitrogens is 1. The van der Waals surface area contributed by atoms with Crippen molar-refractivity contribution in [3.63, 3.8) is 0 Å². The fourth-order valence-corrected chi connectivity index (χ4v) is 2.03. The Balaban J connectivity index is 0.00000220. The molecule has 1 aliphatic rings. The van der Waals surface area contributed by atoms with Crippen molar-refractivity contribution in [2.24, 2.45) is 10.4 Å². The molecule has 1 aromatic heterocycles. The van der Waals surface area contributed by atoms with Crippen molar-refractivity contribution >= 4 is 29.9 Å². The van der Waals surface area contributed by atoms with Gasteiger partial charge in [0.1, 0.15) is 0 Å². The molecule has 2 heterocycles. The number of nitrogens with one attached hydrogen (secondary N) is 2. The van der Waals surface area contributed by atoms with Crippen LogP contribution in [-0.4, -0.2) is 55.1 Å². The molecule has 1 saturated heterocycles. The Bertz CT molecular complexity index is 413.